The van der Waals surface area contributed by atoms with E-state index >= 15 is 0 Å². The molecule has 0 saturated heterocycles. The van der Waals surface area contributed by atoms with E-state index in [0.29, 0.717) is 5.02 Å². The van der Waals surface area contributed by atoms with E-state index in [1.807, 2.05) is 0 Å². The monoisotopic (exact) mass is 639 g/mol. The molecule has 1 aliphatic heterocycles. The molecule has 0 aromatic heterocycles. The second-order valence-corrected chi connectivity index (χ2v) is 14.3. The summed E-state index contributed by atoms with van der Waals surface area (Å²) < 4.78 is 76.3. The van der Waals surface area contributed by atoms with Crippen molar-refractivity contribution in [2.75, 3.05) is 31.5 Å². The number of carbonyl (C=O) groups excluding carboxylic acids is 1. The Balaban J connectivity index is 1.76. The summed E-state index contributed by atoms with van der Waals surface area (Å²) in [5, 5.41) is 10.2. The van der Waals surface area contributed by atoms with Crippen molar-refractivity contribution in [2.45, 2.75) is 35.8 Å². The van der Waals surface area contributed by atoms with Gasteiger partial charge < -0.3 is 14.7 Å². The number of aliphatic hydroxyl groups excluding tert-OH is 1. The number of hydrogen-bond acceptors (Lipinski definition) is 7. The van der Waals surface area contributed by atoms with Gasteiger partial charge in [0.25, 0.3) is 15.9 Å². The first-order chi connectivity index (χ1) is 19.7. The number of amides is 1. The minimum Gasteiger partial charge on any atom is -0.486 e. The van der Waals surface area contributed by atoms with Crippen molar-refractivity contribution in [1.82, 2.24) is 9.21 Å². The van der Waals surface area contributed by atoms with E-state index in [1.165, 1.54) is 54.4 Å². The smallest absolute Gasteiger partial charge is 0.262 e. The van der Waals surface area contributed by atoms with Gasteiger partial charge in [-0.15, -0.1) is 0 Å². The van der Waals surface area contributed by atoms with Gasteiger partial charge in [0.05, 0.1) is 40.2 Å². The fraction of sp³-hybridized carbons (Fsp3) is 0.321. The molecule has 2 N–H and O–H groups in total. The number of para-hydroxylation sites is 1. The molecule has 3 aromatic carbocycles. The molecule has 42 heavy (non-hydrogen) atoms. The largest absolute Gasteiger partial charge is 0.486 e. The summed E-state index contributed by atoms with van der Waals surface area (Å²) in [5.74, 6) is -1.62. The van der Waals surface area contributed by atoms with Crippen LogP contribution in [0.25, 0.3) is 0 Å². The third-order valence-corrected chi connectivity index (χ3v) is 10.5. The Morgan fingerprint density at radius 1 is 1.07 bits per heavy atom. The van der Waals surface area contributed by atoms with Gasteiger partial charge in [-0.3, -0.25) is 9.52 Å². The standard InChI is InChI=1S/C28H31ClFN3O7S2/c1-18-15-33(19(2)17-34)28(35)24-5-4-6-25(31-41(36,37)22-11-7-20(29)8-12-22)27(24)40-26(18)16-32(3)42(38,39)23-13-9-21(30)10-14-23/h4-14,18-19,26,31,34H,15-17H2,1-3H3/t18-,19+,26+/m0/s1. The summed E-state index contributed by atoms with van der Waals surface area (Å²) >= 11 is 5.91. The third kappa shape index (κ3) is 6.70. The van der Waals surface area contributed by atoms with Gasteiger partial charge in [-0.1, -0.05) is 24.6 Å². The van der Waals surface area contributed by atoms with Crippen LogP contribution in [0.4, 0.5) is 10.1 Å². The van der Waals surface area contributed by atoms with Gasteiger partial charge in [0.1, 0.15) is 11.9 Å². The van der Waals surface area contributed by atoms with Crippen LogP contribution in [0.3, 0.4) is 0 Å². The lowest BCUT2D eigenvalue weighted by Crippen LogP contribution is -2.50. The van der Waals surface area contributed by atoms with Gasteiger partial charge in [0.15, 0.2) is 5.75 Å². The minimum absolute atomic E-state index is 0.0319. The topological polar surface area (TPSA) is 133 Å². The molecular formula is C28H31ClFN3O7S2. The average Bonchev–Trinajstić information content (AvgIpc) is 2.95. The SMILES string of the molecule is C[C@H](CO)N1C[C@H](C)[C@@H](CN(C)S(=O)(=O)c2ccc(F)cc2)Oc2c(NS(=O)(=O)c3ccc(Cl)cc3)cccc2C1=O. The number of halogens is 2. The van der Waals surface area contributed by atoms with Gasteiger partial charge in [0, 0.05) is 24.5 Å². The molecule has 0 radical (unpaired) electrons. The number of likely N-dealkylation sites (N-methyl/N-ethyl adjacent to an activating group) is 1. The van der Waals surface area contributed by atoms with E-state index in [0.717, 1.165) is 28.6 Å². The highest BCUT2D eigenvalue weighted by atomic mass is 35.5. The molecule has 3 aromatic rings. The molecule has 0 spiro atoms. The third-order valence-electron chi connectivity index (χ3n) is 7.02. The number of aliphatic hydroxyl groups is 1. The first-order valence-corrected chi connectivity index (χ1v) is 16.3. The van der Waals surface area contributed by atoms with Crippen molar-refractivity contribution in [2.24, 2.45) is 5.92 Å². The molecule has 4 rings (SSSR count). The molecule has 0 aliphatic carbocycles. The maximum Gasteiger partial charge on any atom is 0.262 e. The normalized spacial score (nSPS) is 18.5. The van der Waals surface area contributed by atoms with Crippen LogP contribution in [0.1, 0.15) is 24.2 Å². The molecule has 3 atom stereocenters. The highest BCUT2D eigenvalue weighted by Gasteiger charge is 2.36. The van der Waals surface area contributed by atoms with E-state index < -0.39 is 49.8 Å². The van der Waals surface area contributed by atoms with Gasteiger partial charge in [-0.2, -0.15) is 4.31 Å². The van der Waals surface area contributed by atoms with Gasteiger partial charge in [0.2, 0.25) is 10.0 Å². The Morgan fingerprint density at radius 3 is 2.31 bits per heavy atom. The zero-order valence-corrected chi connectivity index (χ0v) is 25.5. The van der Waals surface area contributed by atoms with Crippen LogP contribution in [0, 0.1) is 11.7 Å². The average molecular weight is 640 g/mol. The van der Waals surface area contributed by atoms with E-state index in [4.69, 9.17) is 16.3 Å². The number of benzene rings is 3. The lowest BCUT2D eigenvalue weighted by molar-refractivity contribution is 0.0389. The minimum atomic E-state index is -4.14. The van der Waals surface area contributed by atoms with E-state index in [1.54, 1.807) is 13.8 Å². The first kappa shape index (κ1) is 31.7. The zero-order valence-electron chi connectivity index (χ0n) is 23.1. The van der Waals surface area contributed by atoms with Crippen molar-refractivity contribution in [1.29, 1.82) is 0 Å². The second-order valence-electron chi connectivity index (χ2n) is 10.1. The van der Waals surface area contributed by atoms with Crippen LogP contribution >= 0.6 is 11.6 Å². The second kappa shape index (κ2) is 12.6. The molecule has 0 saturated carbocycles. The van der Waals surface area contributed by atoms with Crippen molar-refractivity contribution in [3.05, 3.63) is 83.1 Å². The first-order valence-electron chi connectivity index (χ1n) is 13.0. The number of carbonyl (C=O) groups is 1. The number of rotatable bonds is 9. The molecule has 14 heteroatoms. The van der Waals surface area contributed by atoms with Gasteiger partial charge >= 0.3 is 0 Å². The van der Waals surface area contributed by atoms with E-state index in [9.17, 15) is 31.1 Å². The van der Waals surface area contributed by atoms with Crippen molar-refractivity contribution in [3.63, 3.8) is 0 Å². The fourth-order valence-corrected chi connectivity index (χ4v) is 6.87. The number of ether oxygens (including phenoxy) is 1. The predicted molar refractivity (Wildman–Crippen MR) is 156 cm³/mol. The van der Waals surface area contributed by atoms with E-state index in [-0.39, 0.29) is 46.5 Å². The molecule has 10 nitrogen and oxygen atoms in total. The lowest BCUT2D eigenvalue weighted by Gasteiger charge is -2.38. The van der Waals surface area contributed by atoms with Crippen molar-refractivity contribution in [3.8, 4) is 5.75 Å². The molecule has 226 valence electrons. The Labute approximate surface area is 249 Å². The highest BCUT2D eigenvalue weighted by molar-refractivity contribution is 7.92. The number of hydrogen-bond donors (Lipinski definition) is 2. The Bertz CT molecular complexity index is 1650. The molecule has 0 bridgehead atoms. The predicted octanol–water partition coefficient (Wildman–Crippen LogP) is 3.82. The van der Waals surface area contributed by atoms with Crippen LogP contribution in [-0.2, 0) is 20.0 Å². The number of anilines is 1. The number of nitrogens with zero attached hydrogens (tertiary/aromatic N) is 2. The molecule has 1 aliphatic rings. The summed E-state index contributed by atoms with van der Waals surface area (Å²) in [6.45, 7) is 3.03. The van der Waals surface area contributed by atoms with Crippen LogP contribution < -0.4 is 9.46 Å². The number of fused-ring (bicyclic) bond motifs is 1. The maximum absolute atomic E-state index is 13.7. The van der Waals surface area contributed by atoms with Gasteiger partial charge in [-0.25, -0.2) is 21.2 Å². The van der Waals surface area contributed by atoms with Crippen LogP contribution in [0.5, 0.6) is 5.75 Å². The van der Waals surface area contributed by atoms with Crippen LogP contribution in [0.15, 0.2) is 76.5 Å². The summed E-state index contributed by atoms with van der Waals surface area (Å²) in [5.41, 5.74) is 0.00287. The Morgan fingerprint density at radius 2 is 1.69 bits per heavy atom. The summed E-state index contributed by atoms with van der Waals surface area (Å²) in [7, 11) is -6.85. The molecule has 1 heterocycles. The van der Waals surface area contributed by atoms with Crippen LogP contribution in [0.2, 0.25) is 5.02 Å². The maximum atomic E-state index is 13.7. The lowest BCUT2D eigenvalue weighted by atomic mass is 9.99. The van der Waals surface area contributed by atoms with Gasteiger partial charge in [-0.05, 0) is 67.6 Å². The fourth-order valence-electron chi connectivity index (χ4n) is 4.50. The molecular weight excluding hydrogens is 609 g/mol. The van der Waals surface area contributed by atoms with Crippen LogP contribution in [-0.4, -0.2) is 75.9 Å². The van der Waals surface area contributed by atoms with Crippen molar-refractivity contribution < 1.29 is 35.9 Å². The molecule has 0 unspecified atom stereocenters. The Kier molecular flexibility index (Phi) is 9.48. The molecule has 1 amide bonds. The number of sulfonamides is 2. The zero-order chi connectivity index (χ0) is 30.8. The number of nitrogens with one attached hydrogen (secondary N) is 1. The Hall–Kier alpha value is -3.23. The van der Waals surface area contributed by atoms with E-state index in [2.05, 4.69) is 4.72 Å². The highest BCUT2D eigenvalue weighted by Crippen LogP contribution is 2.36. The summed E-state index contributed by atoms with van der Waals surface area (Å²) in [4.78, 5) is 14.9. The summed E-state index contributed by atoms with van der Waals surface area (Å²) in [6.07, 6.45) is -0.869. The van der Waals surface area contributed by atoms with Crippen molar-refractivity contribution >= 4 is 43.2 Å². The summed E-state index contributed by atoms with van der Waals surface area (Å²) in [6, 6.07) is 13.7. The quantitative estimate of drug-likeness (QED) is 0.364. The molecule has 0 fully saturated rings.